The average Bonchev–Trinajstić information content (AvgIpc) is 2.64. The summed E-state index contributed by atoms with van der Waals surface area (Å²) in [5, 5.41) is 0.490. The fourth-order valence-electron chi connectivity index (χ4n) is 2.74. The van der Waals surface area contributed by atoms with E-state index in [2.05, 4.69) is 0 Å². The molecule has 1 aliphatic rings. The van der Waals surface area contributed by atoms with Gasteiger partial charge in [-0.3, -0.25) is 19.0 Å². The number of rotatable bonds is 4. The third-order valence-electron chi connectivity index (χ3n) is 4.06. The minimum Gasteiger partial charge on any atom is -0.378 e. The molecule has 1 aromatic carbocycles. The number of ether oxygens (including phenoxy) is 1. The molecule has 0 radical (unpaired) electrons. The van der Waals surface area contributed by atoms with Crippen molar-refractivity contribution in [2.75, 3.05) is 26.3 Å². The molecular weight excluding hydrogens is 344 g/mol. The fourth-order valence-corrected chi connectivity index (χ4v) is 2.87. The van der Waals surface area contributed by atoms with Crippen molar-refractivity contribution in [1.82, 2.24) is 9.47 Å². The first kappa shape index (κ1) is 17.4. The van der Waals surface area contributed by atoms with Gasteiger partial charge < -0.3 is 9.64 Å². The van der Waals surface area contributed by atoms with Crippen molar-refractivity contribution in [1.29, 1.82) is 0 Å². The third-order valence-corrected chi connectivity index (χ3v) is 4.31. The molecule has 130 valence electrons. The van der Waals surface area contributed by atoms with Gasteiger partial charge in [-0.15, -0.1) is 0 Å². The lowest BCUT2D eigenvalue weighted by molar-refractivity contribution is -0.137. The summed E-state index contributed by atoms with van der Waals surface area (Å²) in [6, 6.07) is 9.55. The molecule has 0 bridgehead atoms. The van der Waals surface area contributed by atoms with Gasteiger partial charge in [0, 0.05) is 35.9 Å². The van der Waals surface area contributed by atoms with Crippen LogP contribution in [0.5, 0.6) is 0 Å². The van der Waals surface area contributed by atoms with Crippen molar-refractivity contribution in [2.45, 2.75) is 6.04 Å². The predicted molar refractivity (Wildman–Crippen MR) is 92.9 cm³/mol. The Morgan fingerprint density at radius 1 is 1.04 bits per heavy atom. The molecular formula is C18H17ClN2O4. The first-order valence-electron chi connectivity index (χ1n) is 7.91. The van der Waals surface area contributed by atoms with Crippen molar-refractivity contribution in [3.8, 4) is 0 Å². The number of halogens is 1. The van der Waals surface area contributed by atoms with Gasteiger partial charge in [0.15, 0.2) is 11.8 Å². The second-order valence-electron chi connectivity index (χ2n) is 5.66. The van der Waals surface area contributed by atoms with Crippen molar-refractivity contribution < 1.29 is 14.3 Å². The molecule has 1 atom stereocenters. The van der Waals surface area contributed by atoms with Crippen LogP contribution in [-0.4, -0.2) is 47.5 Å². The van der Waals surface area contributed by atoms with Gasteiger partial charge in [0.1, 0.15) is 0 Å². The summed E-state index contributed by atoms with van der Waals surface area (Å²) in [6.45, 7) is 1.62. The number of morpholine rings is 1. The molecule has 1 fully saturated rings. The second-order valence-corrected chi connectivity index (χ2v) is 6.09. The van der Waals surface area contributed by atoms with E-state index in [9.17, 15) is 14.4 Å². The van der Waals surface area contributed by atoms with Gasteiger partial charge in [-0.1, -0.05) is 17.7 Å². The van der Waals surface area contributed by atoms with E-state index < -0.39 is 23.3 Å². The molecule has 0 saturated carbocycles. The van der Waals surface area contributed by atoms with Gasteiger partial charge in [0.2, 0.25) is 0 Å². The Kier molecular flexibility index (Phi) is 5.31. The van der Waals surface area contributed by atoms with E-state index in [1.165, 1.54) is 16.8 Å². The van der Waals surface area contributed by atoms with Crippen LogP contribution in [0.25, 0.3) is 0 Å². The Hall–Kier alpha value is -2.44. The SMILES string of the molecule is O=C(c1ccc(Cl)cc1)C(C(=O)N1CCOCC1)n1ccccc1=O. The first-order chi connectivity index (χ1) is 12.1. The zero-order chi connectivity index (χ0) is 17.8. The van der Waals surface area contributed by atoms with Crippen molar-refractivity contribution in [3.05, 3.63) is 69.6 Å². The van der Waals surface area contributed by atoms with E-state index in [0.29, 0.717) is 36.9 Å². The lowest BCUT2D eigenvalue weighted by atomic mass is 10.0. The van der Waals surface area contributed by atoms with E-state index in [-0.39, 0.29) is 0 Å². The zero-order valence-corrected chi connectivity index (χ0v) is 14.2. The van der Waals surface area contributed by atoms with Gasteiger partial charge in [-0.2, -0.15) is 0 Å². The molecule has 1 amide bonds. The molecule has 1 aromatic heterocycles. The third kappa shape index (κ3) is 3.81. The number of hydrogen-bond donors (Lipinski definition) is 0. The smallest absolute Gasteiger partial charge is 0.254 e. The lowest BCUT2D eigenvalue weighted by Gasteiger charge is -2.30. The summed E-state index contributed by atoms with van der Waals surface area (Å²) in [5.74, 6) is -0.849. The largest absolute Gasteiger partial charge is 0.378 e. The maximum Gasteiger partial charge on any atom is 0.254 e. The number of aromatic nitrogens is 1. The molecule has 0 N–H and O–H groups in total. The van der Waals surface area contributed by atoms with Crippen molar-refractivity contribution in [2.24, 2.45) is 0 Å². The number of hydrogen-bond acceptors (Lipinski definition) is 4. The maximum atomic E-state index is 13.0. The predicted octanol–water partition coefficient (Wildman–Crippen LogP) is 1.78. The summed E-state index contributed by atoms with van der Waals surface area (Å²) in [6.07, 6.45) is 1.46. The molecule has 1 saturated heterocycles. The van der Waals surface area contributed by atoms with Crippen molar-refractivity contribution in [3.63, 3.8) is 0 Å². The van der Waals surface area contributed by atoms with Crippen LogP contribution in [0.1, 0.15) is 16.4 Å². The highest BCUT2D eigenvalue weighted by atomic mass is 35.5. The summed E-state index contributed by atoms with van der Waals surface area (Å²) in [4.78, 5) is 39.8. The van der Waals surface area contributed by atoms with E-state index in [1.54, 1.807) is 41.3 Å². The van der Waals surface area contributed by atoms with Crippen LogP contribution in [0.4, 0.5) is 0 Å². The summed E-state index contributed by atoms with van der Waals surface area (Å²) < 4.78 is 6.43. The van der Waals surface area contributed by atoms with E-state index in [4.69, 9.17) is 16.3 Å². The Bertz CT molecular complexity index is 825. The van der Waals surface area contributed by atoms with E-state index in [0.717, 1.165) is 0 Å². The number of carbonyl (C=O) groups excluding carboxylic acids is 2. The van der Waals surface area contributed by atoms with Crippen LogP contribution in [0.2, 0.25) is 5.02 Å². The molecule has 0 aliphatic carbocycles. The van der Waals surface area contributed by atoms with Crippen molar-refractivity contribution >= 4 is 23.3 Å². The highest BCUT2D eigenvalue weighted by molar-refractivity contribution is 6.30. The topological polar surface area (TPSA) is 68.6 Å². The lowest BCUT2D eigenvalue weighted by Crippen LogP contribution is -2.48. The van der Waals surface area contributed by atoms with Crippen LogP contribution in [0.15, 0.2) is 53.5 Å². The average molecular weight is 361 g/mol. The minimum absolute atomic E-state index is 0.326. The highest BCUT2D eigenvalue weighted by Gasteiger charge is 2.34. The Morgan fingerprint density at radius 2 is 1.72 bits per heavy atom. The maximum absolute atomic E-state index is 13.0. The standard InChI is InChI=1S/C18H17ClN2O4/c19-14-6-4-13(5-7-14)17(23)16(21-8-2-1-3-15(21)22)18(24)20-9-11-25-12-10-20/h1-8,16H,9-12H2. The van der Waals surface area contributed by atoms with Crippen LogP contribution >= 0.6 is 11.6 Å². The Morgan fingerprint density at radius 3 is 2.36 bits per heavy atom. The molecule has 1 aliphatic heterocycles. The molecule has 3 rings (SSSR count). The molecule has 25 heavy (non-hydrogen) atoms. The fraction of sp³-hybridized carbons (Fsp3) is 0.278. The molecule has 7 heteroatoms. The minimum atomic E-state index is -1.24. The molecule has 6 nitrogen and oxygen atoms in total. The van der Waals surface area contributed by atoms with Gasteiger partial charge in [-0.25, -0.2) is 0 Å². The van der Waals surface area contributed by atoms with Gasteiger partial charge in [-0.05, 0) is 30.3 Å². The zero-order valence-electron chi connectivity index (χ0n) is 13.4. The molecule has 2 aromatic rings. The summed E-state index contributed by atoms with van der Waals surface area (Å²) in [5.41, 5.74) is -0.0804. The number of ketones is 1. The monoisotopic (exact) mass is 360 g/mol. The molecule has 2 heterocycles. The van der Waals surface area contributed by atoms with Crippen LogP contribution in [-0.2, 0) is 9.53 Å². The van der Waals surface area contributed by atoms with Gasteiger partial charge >= 0.3 is 0 Å². The van der Waals surface area contributed by atoms with Gasteiger partial charge in [0.25, 0.3) is 11.5 Å². The number of Topliss-reactive ketones (excluding diaryl/α,β-unsaturated/α-hetero) is 1. The Balaban J connectivity index is 2.00. The number of nitrogens with zero attached hydrogens (tertiary/aromatic N) is 2. The van der Waals surface area contributed by atoms with E-state index >= 15 is 0 Å². The highest BCUT2D eigenvalue weighted by Crippen LogP contribution is 2.19. The number of benzene rings is 1. The van der Waals surface area contributed by atoms with Crippen LogP contribution in [0.3, 0.4) is 0 Å². The molecule has 0 spiro atoms. The van der Waals surface area contributed by atoms with Gasteiger partial charge in [0.05, 0.1) is 13.2 Å². The first-order valence-corrected chi connectivity index (χ1v) is 8.29. The van der Waals surface area contributed by atoms with E-state index in [1.807, 2.05) is 0 Å². The normalized spacial score (nSPS) is 15.6. The Labute approximate surface area is 149 Å². The van der Waals surface area contributed by atoms with Crippen LogP contribution in [0, 0.1) is 0 Å². The molecule has 1 unspecified atom stereocenters. The number of carbonyl (C=O) groups is 2. The number of pyridine rings is 1. The number of amides is 1. The van der Waals surface area contributed by atoms with Crippen LogP contribution < -0.4 is 5.56 Å². The summed E-state index contributed by atoms with van der Waals surface area (Å²) in [7, 11) is 0. The second kappa shape index (κ2) is 7.63. The summed E-state index contributed by atoms with van der Waals surface area (Å²) >= 11 is 5.87. The quantitative estimate of drug-likeness (QED) is 0.615.